The van der Waals surface area contributed by atoms with Crippen LogP contribution in [0.15, 0.2) is 20.3 Å². The van der Waals surface area contributed by atoms with Crippen LogP contribution in [0.3, 0.4) is 0 Å². The molecular weight excluding hydrogens is 346 g/mol. The minimum absolute atomic E-state index is 0.428. The van der Waals surface area contributed by atoms with Crippen molar-refractivity contribution in [3.05, 3.63) is 21.8 Å². The van der Waals surface area contributed by atoms with Gasteiger partial charge in [-0.1, -0.05) is 6.92 Å². The molecule has 0 aromatic carbocycles. The number of carboxylic acids is 1. The zero-order valence-corrected chi connectivity index (χ0v) is 13.4. The smallest absolute Gasteiger partial charge is 0.307 e. The summed E-state index contributed by atoms with van der Waals surface area (Å²) < 4.78 is 6.57. The summed E-state index contributed by atoms with van der Waals surface area (Å²) in [4.78, 5) is 13.5. The highest BCUT2D eigenvalue weighted by Gasteiger charge is 2.16. The molecule has 2 rings (SSSR count). The van der Waals surface area contributed by atoms with Crippen molar-refractivity contribution in [2.75, 3.05) is 13.6 Å². The predicted octanol–water partition coefficient (Wildman–Crippen LogP) is 2.71. The Morgan fingerprint density at radius 2 is 2.30 bits per heavy atom. The Hall–Kier alpha value is -1.25. The lowest BCUT2D eigenvalue weighted by atomic mass is 10.2. The van der Waals surface area contributed by atoms with E-state index in [2.05, 4.69) is 26.1 Å². The molecule has 8 heteroatoms. The molecule has 0 aliphatic carbocycles. The van der Waals surface area contributed by atoms with Crippen molar-refractivity contribution in [1.29, 1.82) is 0 Å². The summed E-state index contributed by atoms with van der Waals surface area (Å²) in [5.41, 5.74) is 0. The third kappa shape index (κ3) is 3.87. The monoisotopic (exact) mass is 359 g/mol. The summed E-state index contributed by atoms with van der Waals surface area (Å²) in [7, 11) is 1.82. The third-order valence-electron chi connectivity index (χ3n) is 2.66. The minimum atomic E-state index is -0.813. The zero-order valence-electron chi connectivity index (χ0n) is 11.0. The third-order valence-corrected chi connectivity index (χ3v) is 4.27. The summed E-state index contributed by atoms with van der Waals surface area (Å²) in [5, 5.41) is 16.8. The Morgan fingerprint density at radius 3 is 2.90 bits per heavy atom. The maximum absolute atomic E-state index is 10.8. The largest absolute Gasteiger partial charge is 0.481 e. The topological polar surface area (TPSA) is 79.5 Å². The quantitative estimate of drug-likeness (QED) is 0.853. The van der Waals surface area contributed by atoms with Gasteiger partial charge in [0.25, 0.3) is 5.89 Å². The van der Waals surface area contributed by atoms with E-state index >= 15 is 0 Å². The van der Waals surface area contributed by atoms with Gasteiger partial charge in [-0.3, -0.25) is 9.69 Å². The van der Waals surface area contributed by atoms with Crippen LogP contribution in [0.4, 0.5) is 0 Å². The highest BCUT2D eigenvalue weighted by molar-refractivity contribution is 9.11. The van der Waals surface area contributed by atoms with Crippen molar-refractivity contribution < 1.29 is 14.3 Å². The van der Waals surface area contributed by atoms with Crippen LogP contribution in [0.1, 0.15) is 12.8 Å². The number of halogens is 1. The second kappa shape index (κ2) is 6.47. The molecule has 1 unspecified atom stereocenters. The van der Waals surface area contributed by atoms with Crippen LogP contribution in [0, 0.1) is 5.92 Å². The number of carbonyl (C=O) groups is 1. The first-order valence-electron chi connectivity index (χ1n) is 5.95. The van der Waals surface area contributed by atoms with Crippen LogP contribution in [0.5, 0.6) is 0 Å². The lowest BCUT2D eigenvalue weighted by Gasteiger charge is -2.16. The normalized spacial score (nSPS) is 12.8. The van der Waals surface area contributed by atoms with Crippen molar-refractivity contribution >= 4 is 33.2 Å². The first-order valence-corrected chi connectivity index (χ1v) is 7.56. The molecule has 1 N–H and O–H groups in total. The molecule has 0 amide bonds. The number of nitrogens with zero attached hydrogens (tertiary/aromatic N) is 3. The van der Waals surface area contributed by atoms with Crippen molar-refractivity contribution in [3.8, 4) is 10.8 Å². The van der Waals surface area contributed by atoms with Crippen molar-refractivity contribution in [2.24, 2.45) is 5.92 Å². The van der Waals surface area contributed by atoms with Gasteiger partial charge in [0.2, 0.25) is 5.89 Å². The molecule has 108 valence electrons. The number of carboxylic acid groups (broad SMARTS) is 1. The SMILES string of the molecule is CC(CN(C)Cc1nnc(-c2ccc(Br)s2)o1)C(=O)O. The van der Waals surface area contributed by atoms with Gasteiger partial charge in [0.1, 0.15) is 0 Å². The highest BCUT2D eigenvalue weighted by Crippen LogP contribution is 2.30. The molecule has 0 saturated heterocycles. The molecule has 0 aliphatic heterocycles. The Balaban J connectivity index is 1.97. The molecule has 6 nitrogen and oxygen atoms in total. The molecule has 2 aromatic rings. The van der Waals surface area contributed by atoms with E-state index < -0.39 is 11.9 Å². The molecule has 0 aliphatic rings. The maximum atomic E-state index is 10.8. The van der Waals surface area contributed by atoms with Crippen molar-refractivity contribution in [3.63, 3.8) is 0 Å². The van der Waals surface area contributed by atoms with Gasteiger partial charge >= 0.3 is 5.97 Å². The second-order valence-electron chi connectivity index (χ2n) is 4.54. The number of hydrogen-bond acceptors (Lipinski definition) is 6. The van der Waals surface area contributed by atoms with E-state index in [4.69, 9.17) is 9.52 Å². The number of rotatable bonds is 6. The lowest BCUT2D eigenvalue weighted by molar-refractivity contribution is -0.141. The number of aliphatic carboxylic acids is 1. The van der Waals surface area contributed by atoms with Gasteiger partial charge in [0.05, 0.1) is 21.1 Å². The van der Waals surface area contributed by atoms with Crippen LogP contribution < -0.4 is 0 Å². The molecule has 0 fully saturated rings. The van der Waals surface area contributed by atoms with Crippen LogP contribution in [0.2, 0.25) is 0 Å². The van der Waals surface area contributed by atoms with Gasteiger partial charge < -0.3 is 9.52 Å². The molecule has 0 bridgehead atoms. The standard InChI is InChI=1S/C12H14BrN3O3S/c1-7(12(17)18)5-16(2)6-10-14-15-11(19-10)8-3-4-9(13)20-8/h3-4,7H,5-6H2,1-2H3,(H,17,18). The van der Waals surface area contributed by atoms with Gasteiger partial charge in [-0.25, -0.2) is 0 Å². The fourth-order valence-corrected chi connectivity index (χ4v) is 2.99. The van der Waals surface area contributed by atoms with Gasteiger partial charge in [0, 0.05) is 6.54 Å². The van der Waals surface area contributed by atoms with Gasteiger partial charge in [-0.15, -0.1) is 21.5 Å². The molecule has 0 radical (unpaired) electrons. The summed E-state index contributed by atoms with van der Waals surface area (Å²) >= 11 is 4.90. The van der Waals surface area contributed by atoms with Crippen LogP contribution in [0.25, 0.3) is 10.8 Å². The summed E-state index contributed by atoms with van der Waals surface area (Å²) in [6, 6.07) is 3.83. The Bertz CT molecular complexity index is 598. The van der Waals surface area contributed by atoms with Gasteiger partial charge in [-0.05, 0) is 35.1 Å². The molecule has 0 saturated carbocycles. The predicted molar refractivity (Wildman–Crippen MR) is 78.4 cm³/mol. The van der Waals surface area contributed by atoms with Gasteiger partial charge in [-0.2, -0.15) is 0 Å². The molecule has 20 heavy (non-hydrogen) atoms. The fraction of sp³-hybridized carbons (Fsp3) is 0.417. The van der Waals surface area contributed by atoms with E-state index in [0.29, 0.717) is 24.9 Å². The Labute approximate surface area is 128 Å². The Morgan fingerprint density at radius 1 is 1.55 bits per heavy atom. The van der Waals surface area contributed by atoms with Crippen LogP contribution in [-0.2, 0) is 11.3 Å². The first-order chi connectivity index (χ1) is 9.45. The number of aromatic nitrogens is 2. The molecular formula is C12H14BrN3O3S. The number of thiophene rings is 1. The number of hydrogen-bond donors (Lipinski definition) is 1. The second-order valence-corrected chi connectivity index (χ2v) is 7.00. The molecule has 2 heterocycles. The first kappa shape index (κ1) is 15.1. The molecule has 2 aromatic heterocycles. The van der Waals surface area contributed by atoms with Crippen molar-refractivity contribution in [2.45, 2.75) is 13.5 Å². The molecule has 1 atom stereocenters. The summed E-state index contributed by atoms with van der Waals surface area (Å²) in [5.74, 6) is -0.290. The van der Waals surface area contributed by atoms with Gasteiger partial charge in [0.15, 0.2) is 0 Å². The Kier molecular flexibility index (Phi) is 4.90. The summed E-state index contributed by atoms with van der Waals surface area (Å²) in [6.45, 7) is 2.52. The van der Waals surface area contributed by atoms with Crippen LogP contribution >= 0.6 is 27.3 Å². The van der Waals surface area contributed by atoms with E-state index in [-0.39, 0.29) is 0 Å². The van der Waals surface area contributed by atoms with E-state index in [0.717, 1.165) is 8.66 Å². The van der Waals surface area contributed by atoms with Crippen LogP contribution in [-0.4, -0.2) is 39.8 Å². The highest BCUT2D eigenvalue weighted by atomic mass is 79.9. The van der Waals surface area contributed by atoms with E-state index in [1.54, 1.807) is 6.92 Å². The van der Waals surface area contributed by atoms with E-state index in [1.165, 1.54) is 11.3 Å². The summed E-state index contributed by atoms with van der Waals surface area (Å²) in [6.07, 6.45) is 0. The van der Waals surface area contributed by atoms with E-state index in [9.17, 15) is 4.79 Å². The minimum Gasteiger partial charge on any atom is -0.481 e. The maximum Gasteiger partial charge on any atom is 0.307 e. The average molecular weight is 360 g/mol. The average Bonchev–Trinajstić information content (AvgIpc) is 2.97. The van der Waals surface area contributed by atoms with Crippen molar-refractivity contribution in [1.82, 2.24) is 15.1 Å². The zero-order chi connectivity index (χ0) is 14.7. The molecule has 0 spiro atoms. The lowest BCUT2D eigenvalue weighted by Crippen LogP contribution is -2.28. The fourth-order valence-electron chi connectivity index (χ4n) is 1.69. The van der Waals surface area contributed by atoms with E-state index in [1.807, 2.05) is 24.1 Å².